The molecule has 4 N–H and O–H groups in total. The molecule has 1 aliphatic heterocycles. The van der Waals surface area contributed by atoms with Crippen LogP contribution in [-0.4, -0.2) is 50.6 Å². The van der Waals surface area contributed by atoms with Crippen molar-refractivity contribution in [1.29, 1.82) is 0 Å². The van der Waals surface area contributed by atoms with Crippen molar-refractivity contribution < 1.29 is 0 Å². The zero-order valence-corrected chi connectivity index (χ0v) is 14.6. The number of hydrogen-bond donors (Lipinski definition) is 3. The molecule has 0 radical (unpaired) electrons. The average Bonchev–Trinajstić information content (AvgIpc) is 3.22. The van der Waals surface area contributed by atoms with Gasteiger partial charge in [0.1, 0.15) is 5.82 Å². The highest BCUT2D eigenvalue weighted by Gasteiger charge is 2.24. The summed E-state index contributed by atoms with van der Waals surface area (Å²) in [5.41, 5.74) is 10.0. The number of fused-ring (bicyclic) bond motifs is 1. The molecule has 0 bridgehead atoms. The minimum Gasteiger partial charge on any atom is -0.384 e. The lowest BCUT2D eigenvalue weighted by atomic mass is 9.91. The number of aromatic nitrogens is 5. The van der Waals surface area contributed by atoms with E-state index in [9.17, 15) is 0 Å². The van der Waals surface area contributed by atoms with Crippen LogP contribution < -0.4 is 16.4 Å². The first-order chi connectivity index (χ1) is 12.2. The van der Waals surface area contributed by atoms with Gasteiger partial charge in [-0.3, -0.25) is 4.68 Å². The molecule has 0 aliphatic carbocycles. The molecule has 0 unspecified atom stereocenters. The van der Waals surface area contributed by atoms with Crippen LogP contribution in [0.3, 0.4) is 0 Å². The maximum atomic E-state index is 6.24. The summed E-state index contributed by atoms with van der Waals surface area (Å²) < 4.78 is 3.48. The molecule has 0 spiro atoms. The molecule has 132 valence electrons. The Kier molecular flexibility index (Phi) is 4.14. The predicted molar refractivity (Wildman–Crippen MR) is 97.3 cm³/mol. The molecule has 1 saturated heterocycles. The largest absolute Gasteiger partial charge is 0.384 e. The molecular weight excluding hydrogens is 316 g/mol. The van der Waals surface area contributed by atoms with Gasteiger partial charge in [0.05, 0.1) is 18.1 Å². The average molecular weight is 340 g/mol. The molecule has 1 aliphatic rings. The van der Waals surface area contributed by atoms with Crippen molar-refractivity contribution >= 4 is 11.5 Å². The van der Waals surface area contributed by atoms with E-state index in [2.05, 4.69) is 20.8 Å². The number of aryl methyl sites for hydroxylation is 1. The van der Waals surface area contributed by atoms with E-state index in [1.807, 2.05) is 38.8 Å². The Morgan fingerprint density at radius 3 is 2.88 bits per heavy atom. The molecule has 0 amide bonds. The number of nitrogen functional groups attached to an aromatic ring is 1. The molecule has 25 heavy (non-hydrogen) atoms. The lowest BCUT2D eigenvalue weighted by Gasteiger charge is -2.29. The molecule has 3 aromatic heterocycles. The number of rotatable bonds is 4. The van der Waals surface area contributed by atoms with Crippen LogP contribution in [-0.2, 0) is 7.05 Å². The first-order valence-corrected chi connectivity index (χ1v) is 8.67. The number of likely N-dealkylation sites (N-methyl/N-ethyl adjacent to an activating group) is 1. The van der Waals surface area contributed by atoms with E-state index in [1.54, 1.807) is 9.20 Å². The molecule has 8 heteroatoms. The van der Waals surface area contributed by atoms with Crippen molar-refractivity contribution in [3.63, 3.8) is 0 Å². The molecule has 4 rings (SSSR count). The fourth-order valence-electron chi connectivity index (χ4n) is 3.57. The topological polar surface area (TPSA) is 98.1 Å². The highest BCUT2D eigenvalue weighted by molar-refractivity contribution is 5.77. The maximum absolute atomic E-state index is 6.24. The Morgan fingerprint density at radius 1 is 1.32 bits per heavy atom. The molecule has 1 fully saturated rings. The second kappa shape index (κ2) is 6.45. The van der Waals surface area contributed by atoms with Gasteiger partial charge in [-0.15, -0.1) is 0 Å². The quantitative estimate of drug-likeness (QED) is 0.649. The third kappa shape index (κ3) is 2.98. The SMILES string of the molecule is CNC[C@@H]1CC[C@H](c2cc(N)n3ncc(-c4cnn(C)c4)c3n2)CN1. The molecule has 0 aromatic carbocycles. The number of piperidine rings is 1. The second-order valence-electron chi connectivity index (χ2n) is 6.74. The monoisotopic (exact) mass is 340 g/mol. The smallest absolute Gasteiger partial charge is 0.165 e. The van der Waals surface area contributed by atoms with Gasteiger partial charge >= 0.3 is 0 Å². The van der Waals surface area contributed by atoms with Crippen molar-refractivity contribution in [3.05, 3.63) is 30.4 Å². The minimum atomic E-state index is 0.372. The molecule has 0 saturated carbocycles. The van der Waals surface area contributed by atoms with E-state index in [-0.39, 0.29) is 0 Å². The van der Waals surface area contributed by atoms with Gasteiger partial charge in [-0.05, 0) is 19.9 Å². The first kappa shape index (κ1) is 16.0. The Labute approximate surface area is 146 Å². The number of nitrogens with zero attached hydrogens (tertiary/aromatic N) is 5. The Balaban J connectivity index is 1.67. The summed E-state index contributed by atoms with van der Waals surface area (Å²) in [6.45, 7) is 1.92. The number of nitrogens with one attached hydrogen (secondary N) is 2. The molecule has 2 atom stereocenters. The van der Waals surface area contributed by atoms with E-state index in [0.717, 1.165) is 48.4 Å². The summed E-state index contributed by atoms with van der Waals surface area (Å²) in [4.78, 5) is 4.90. The molecule has 3 aromatic rings. The van der Waals surface area contributed by atoms with E-state index in [4.69, 9.17) is 10.7 Å². The number of nitrogens with two attached hydrogens (primary N) is 1. The fourth-order valence-corrected chi connectivity index (χ4v) is 3.57. The van der Waals surface area contributed by atoms with Crippen LogP contribution >= 0.6 is 0 Å². The van der Waals surface area contributed by atoms with Gasteiger partial charge in [-0.25, -0.2) is 4.98 Å². The normalized spacial score (nSPS) is 21.0. The van der Waals surface area contributed by atoms with Crippen LogP contribution in [0.25, 0.3) is 16.8 Å². The minimum absolute atomic E-state index is 0.372. The van der Waals surface area contributed by atoms with Crippen molar-refractivity contribution in [2.75, 3.05) is 25.9 Å². The third-order valence-corrected chi connectivity index (χ3v) is 4.92. The zero-order chi connectivity index (χ0) is 17.4. The standard InChI is InChI=1S/C17H24N8/c1-19-8-13-4-3-11(6-20-13)15-5-16(18)25-17(23-15)14(9-22-25)12-7-21-24(2)10-12/h5,7,9-11,13,19-20H,3-4,6,8,18H2,1-2H3/t11-,13-/m0/s1. The van der Waals surface area contributed by atoms with Crippen LogP contribution in [0, 0.1) is 0 Å². The van der Waals surface area contributed by atoms with E-state index in [0.29, 0.717) is 17.8 Å². The lowest BCUT2D eigenvalue weighted by Crippen LogP contribution is -2.43. The van der Waals surface area contributed by atoms with Crippen molar-refractivity contribution in [2.45, 2.75) is 24.8 Å². The highest BCUT2D eigenvalue weighted by Crippen LogP contribution is 2.29. The van der Waals surface area contributed by atoms with Crippen molar-refractivity contribution in [3.8, 4) is 11.1 Å². The summed E-state index contributed by atoms with van der Waals surface area (Å²) in [5.74, 6) is 0.990. The second-order valence-corrected chi connectivity index (χ2v) is 6.74. The van der Waals surface area contributed by atoms with Gasteiger partial charge in [-0.2, -0.15) is 14.7 Å². The third-order valence-electron chi connectivity index (χ3n) is 4.92. The number of hydrogen-bond acceptors (Lipinski definition) is 6. The maximum Gasteiger partial charge on any atom is 0.165 e. The Bertz CT molecular complexity index is 872. The van der Waals surface area contributed by atoms with Gasteiger partial charge in [0.2, 0.25) is 0 Å². The van der Waals surface area contributed by atoms with E-state index < -0.39 is 0 Å². The van der Waals surface area contributed by atoms with E-state index >= 15 is 0 Å². The van der Waals surface area contributed by atoms with Gasteiger partial charge in [0, 0.05) is 55.5 Å². The molecule has 8 nitrogen and oxygen atoms in total. The van der Waals surface area contributed by atoms with E-state index in [1.165, 1.54) is 0 Å². The van der Waals surface area contributed by atoms with Crippen LogP contribution in [0.1, 0.15) is 24.5 Å². The first-order valence-electron chi connectivity index (χ1n) is 8.67. The fraction of sp³-hybridized carbons (Fsp3) is 0.471. The van der Waals surface area contributed by atoms with Crippen molar-refractivity contribution in [2.24, 2.45) is 7.05 Å². The van der Waals surface area contributed by atoms with Crippen LogP contribution in [0.4, 0.5) is 5.82 Å². The van der Waals surface area contributed by atoms with Crippen molar-refractivity contribution in [1.82, 2.24) is 35.0 Å². The number of anilines is 1. The predicted octanol–water partition coefficient (Wildman–Crippen LogP) is 0.767. The summed E-state index contributed by atoms with van der Waals surface area (Å²) in [5, 5.41) is 15.5. The molecule has 4 heterocycles. The van der Waals surface area contributed by atoms with Crippen LogP contribution in [0.15, 0.2) is 24.7 Å². The molecular formula is C17H24N8. The summed E-state index contributed by atoms with van der Waals surface area (Å²) >= 11 is 0. The van der Waals surface area contributed by atoms with Crippen LogP contribution in [0.2, 0.25) is 0 Å². The summed E-state index contributed by atoms with van der Waals surface area (Å²) in [7, 11) is 3.89. The Morgan fingerprint density at radius 2 is 2.20 bits per heavy atom. The summed E-state index contributed by atoms with van der Waals surface area (Å²) in [6, 6.07) is 2.49. The Hall–Kier alpha value is -2.45. The van der Waals surface area contributed by atoms with Gasteiger partial charge in [0.25, 0.3) is 0 Å². The summed E-state index contributed by atoms with van der Waals surface area (Å²) in [6.07, 6.45) is 7.84. The van der Waals surface area contributed by atoms with Crippen LogP contribution in [0.5, 0.6) is 0 Å². The highest BCUT2D eigenvalue weighted by atomic mass is 15.3. The lowest BCUT2D eigenvalue weighted by molar-refractivity contribution is 0.356. The zero-order valence-electron chi connectivity index (χ0n) is 14.6. The van der Waals surface area contributed by atoms with Gasteiger partial charge in [0.15, 0.2) is 5.65 Å². The van der Waals surface area contributed by atoms with Gasteiger partial charge < -0.3 is 16.4 Å². The van der Waals surface area contributed by atoms with Gasteiger partial charge in [-0.1, -0.05) is 0 Å².